The largest absolute Gasteiger partial charge is 0.444 e. The summed E-state index contributed by atoms with van der Waals surface area (Å²) in [6.45, 7) is 9.25. The first-order valence-corrected chi connectivity index (χ1v) is 13.0. The highest BCUT2D eigenvalue weighted by Gasteiger charge is 2.25. The van der Waals surface area contributed by atoms with Crippen LogP contribution >= 0.6 is 0 Å². The third-order valence-electron chi connectivity index (χ3n) is 5.42. The first-order chi connectivity index (χ1) is 16.9. The maximum absolute atomic E-state index is 12.5. The van der Waals surface area contributed by atoms with Gasteiger partial charge in [0, 0.05) is 49.6 Å². The van der Waals surface area contributed by atoms with Gasteiger partial charge in [-0.15, -0.1) is 0 Å². The van der Waals surface area contributed by atoms with Gasteiger partial charge in [-0.1, -0.05) is 17.7 Å². The minimum absolute atomic E-state index is 0.0549. The van der Waals surface area contributed by atoms with E-state index in [1.54, 1.807) is 23.1 Å². The SMILES string of the molecule is Cc1ccc(S(=O)(=O)N/N=C\c2cc([N+](=O)[O-])ccc2N2CCCN(C(=O)OC(C)(C)C)CC2)cc1. The number of nitro groups is 1. The predicted molar refractivity (Wildman–Crippen MR) is 137 cm³/mol. The Hall–Kier alpha value is -3.67. The van der Waals surface area contributed by atoms with Crippen molar-refractivity contribution in [3.05, 3.63) is 63.7 Å². The van der Waals surface area contributed by atoms with Crippen LogP contribution in [-0.4, -0.2) is 62.3 Å². The van der Waals surface area contributed by atoms with Crippen LogP contribution < -0.4 is 9.73 Å². The molecule has 1 saturated heterocycles. The fourth-order valence-electron chi connectivity index (χ4n) is 3.65. The molecule has 0 unspecified atom stereocenters. The van der Waals surface area contributed by atoms with Crippen molar-refractivity contribution in [2.45, 2.75) is 44.6 Å². The molecule has 12 heteroatoms. The van der Waals surface area contributed by atoms with Crippen LogP contribution in [0.25, 0.3) is 0 Å². The van der Waals surface area contributed by atoms with Gasteiger partial charge < -0.3 is 14.5 Å². The van der Waals surface area contributed by atoms with E-state index in [0.717, 1.165) is 5.56 Å². The van der Waals surface area contributed by atoms with E-state index < -0.39 is 20.5 Å². The molecule has 1 amide bonds. The van der Waals surface area contributed by atoms with Gasteiger partial charge >= 0.3 is 6.09 Å². The number of anilines is 1. The van der Waals surface area contributed by atoms with Crippen molar-refractivity contribution >= 4 is 33.7 Å². The summed E-state index contributed by atoms with van der Waals surface area (Å²) in [5, 5.41) is 15.2. The number of hydrazone groups is 1. The number of carbonyl (C=O) groups is 1. The van der Waals surface area contributed by atoms with Crippen LogP contribution in [0.3, 0.4) is 0 Å². The Morgan fingerprint density at radius 1 is 1.11 bits per heavy atom. The molecule has 1 fully saturated rings. The lowest BCUT2D eigenvalue weighted by atomic mass is 10.1. The number of hydrogen-bond donors (Lipinski definition) is 1. The zero-order valence-corrected chi connectivity index (χ0v) is 21.6. The molecule has 0 saturated carbocycles. The van der Waals surface area contributed by atoms with E-state index in [-0.39, 0.29) is 16.7 Å². The van der Waals surface area contributed by atoms with Gasteiger partial charge in [-0.2, -0.15) is 13.5 Å². The average Bonchev–Trinajstić information content (AvgIpc) is 3.04. The topological polar surface area (TPSA) is 134 Å². The summed E-state index contributed by atoms with van der Waals surface area (Å²) in [6.07, 6.45) is 1.53. The fourth-order valence-corrected chi connectivity index (χ4v) is 4.44. The quantitative estimate of drug-likeness (QED) is 0.351. The maximum atomic E-state index is 12.5. The number of carbonyl (C=O) groups excluding carboxylic acids is 1. The highest BCUT2D eigenvalue weighted by atomic mass is 32.2. The Morgan fingerprint density at radius 3 is 2.44 bits per heavy atom. The summed E-state index contributed by atoms with van der Waals surface area (Å²) in [6, 6.07) is 10.6. The van der Waals surface area contributed by atoms with Gasteiger partial charge in [0.15, 0.2) is 0 Å². The van der Waals surface area contributed by atoms with E-state index in [2.05, 4.69) is 9.93 Å². The van der Waals surface area contributed by atoms with Crippen molar-refractivity contribution in [2.24, 2.45) is 5.10 Å². The normalized spacial score (nSPS) is 15.0. The smallest absolute Gasteiger partial charge is 0.410 e. The molecule has 1 aliphatic heterocycles. The van der Waals surface area contributed by atoms with Crippen LogP contribution in [-0.2, 0) is 14.8 Å². The first kappa shape index (κ1) is 26.9. The van der Waals surface area contributed by atoms with Crippen LogP contribution in [0.1, 0.15) is 38.3 Å². The number of nitrogens with zero attached hydrogens (tertiary/aromatic N) is 4. The second-order valence-corrected chi connectivity index (χ2v) is 11.1. The van der Waals surface area contributed by atoms with Crippen LogP contribution in [0.15, 0.2) is 52.5 Å². The molecule has 1 N–H and O–H groups in total. The van der Waals surface area contributed by atoms with Crippen molar-refractivity contribution in [1.82, 2.24) is 9.73 Å². The Balaban J connectivity index is 1.80. The summed E-state index contributed by atoms with van der Waals surface area (Å²) < 4.78 is 30.6. The molecule has 36 heavy (non-hydrogen) atoms. The summed E-state index contributed by atoms with van der Waals surface area (Å²) in [7, 11) is -3.90. The van der Waals surface area contributed by atoms with Crippen molar-refractivity contribution in [3.63, 3.8) is 0 Å². The van der Waals surface area contributed by atoms with Crippen LogP contribution in [0.2, 0.25) is 0 Å². The van der Waals surface area contributed by atoms with Gasteiger partial charge in [0.25, 0.3) is 15.7 Å². The van der Waals surface area contributed by atoms with Crippen LogP contribution in [0.4, 0.5) is 16.2 Å². The number of hydrogen-bond acceptors (Lipinski definition) is 8. The highest BCUT2D eigenvalue weighted by molar-refractivity contribution is 7.89. The monoisotopic (exact) mass is 517 g/mol. The third kappa shape index (κ3) is 7.17. The second-order valence-electron chi connectivity index (χ2n) is 9.47. The minimum atomic E-state index is -3.90. The number of rotatable bonds is 6. The second kappa shape index (κ2) is 10.9. The molecule has 3 rings (SSSR count). The van der Waals surface area contributed by atoms with Crippen LogP contribution in [0.5, 0.6) is 0 Å². The summed E-state index contributed by atoms with van der Waals surface area (Å²) in [5.74, 6) is 0. The van der Waals surface area contributed by atoms with Crippen molar-refractivity contribution < 1.29 is 22.9 Å². The van der Waals surface area contributed by atoms with Gasteiger partial charge in [0.2, 0.25) is 0 Å². The molecule has 2 aromatic rings. The van der Waals surface area contributed by atoms with E-state index >= 15 is 0 Å². The zero-order chi connectivity index (χ0) is 26.5. The Morgan fingerprint density at radius 2 is 1.81 bits per heavy atom. The molecule has 1 heterocycles. The van der Waals surface area contributed by atoms with Crippen molar-refractivity contribution in [2.75, 3.05) is 31.1 Å². The summed E-state index contributed by atoms with van der Waals surface area (Å²) in [5.41, 5.74) is 1.19. The van der Waals surface area contributed by atoms with Gasteiger partial charge in [-0.3, -0.25) is 10.1 Å². The van der Waals surface area contributed by atoms with E-state index in [1.807, 2.05) is 32.6 Å². The van der Waals surface area contributed by atoms with E-state index in [4.69, 9.17) is 4.74 Å². The number of aryl methyl sites for hydroxylation is 1. The molecule has 0 bridgehead atoms. The van der Waals surface area contributed by atoms with Gasteiger partial charge in [-0.05, 0) is 52.3 Å². The number of amides is 1. The number of ether oxygens (including phenoxy) is 1. The highest BCUT2D eigenvalue weighted by Crippen LogP contribution is 2.26. The Bertz CT molecular complexity index is 1240. The van der Waals surface area contributed by atoms with Gasteiger partial charge in [0.1, 0.15) is 5.60 Å². The molecule has 2 aromatic carbocycles. The summed E-state index contributed by atoms with van der Waals surface area (Å²) >= 11 is 0. The number of nitro benzene ring substituents is 1. The van der Waals surface area contributed by atoms with Gasteiger partial charge in [0.05, 0.1) is 16.0 Å². The molecule has 0 atom stereocenters. The molecular formula is C24H31N5O6S. The molecule has 0 aromatic heterocycles. The fraction of sp³-hybridized carbons (Fsp3) is 0.417. The lowest BCUT2D eigenvalue weighted by molar-refractivity contribution is -0.384. The lowest BCUT2D eigenvalue weighted by Crippen LogP contribution is -2.39. The minimum Gasteiger partial charge on any atom is -0.444 e. The molecule has 0 spiro atoms. The predicted octanol–water partition coefficient (Wildman–Crippen LogP) is 3.66. The standard InChI is InChI=1S/C24H31N5O6S/c1-18-6-9-21(10-7-18)36(33,34)26-25-17-19-16-20(29(31)32)8-11-22(19)27-12-5-13-28(15-14-27)23(30)35-24(2,3)4/h6-11,16-17,26H,5,12-15H2,1-4H3/b25-17-. The Labute approximate surface area is 210 Å². The Kier molecular flexibility index (Phi) is 8.18. The first-order valence-electron chi connectivity index (χ1n) is 11.5. The number of nitrogens with one attached hydrogen (secondary N) is 1. The van der Waals surface area contributed by atoms with E-state index in [1.165, 1.54) is 30.5 Å². The molecule has 11 nitrogen and oxygen atoms in total. The van der Waals surface area contributed by atoms with Crippen molar-refractivity contribution in [3.8, 4) is 0 Å². The number of non-ortho nitro benzene ring substituents is 1. The zero-order valence-electron chi connectivity index (χ0n) is 20.8. The van der Waals surface area contributed by atoms with Crippen LogP contribution in [0, 0.1) is 17.0 Å². The lowest BCUT2D eigenvalue weighted by Gasteiger charge is -2.27. The van der Waals surface area contributed by atoms with Gasteiger partial charge in [-0.25, -0.2) is 9.63 Å². The molecule has 194 valence electrons. The van der Waals surface area contributed by atoms with Crippen molar-refractivity contribution in [1.29, 1.82) is 0 Å². The number of benzene rings is 2. The third-order valence-corrected chi connectivity index (χ3v) is 6.66. The molecular weight excluding hydrogens is 486 g/mol. The molecule has 0 aliphatic carbocycles. The van der Waals surface area contributed by atoms with E-state index in [0.29, 0.717) is 43.9 Å². The number of sulfonamides is 1. The average molecular weight is 518 g/mol. The maximum Gasteiger partial charge on any atom is 0.410 e. The summed E-state index contributed by atoms with van der Waals surface area (Å²) in [4.78, 5) is 29.2. The molecule has 0 radical (unpaired) electrons. The van der Waals surface area contributed by atoms with E-state index in [9.17, 15) is 23.3 Å². The molecule has 1 aliphatic rings.